The van der Waals surface area contributed by atoms with Crippen molar-refractivity contribution in [1.82, 2.24) is 9.97 Å². The van der Waals surface area contributed by atoms with E-state index in [0.29, 0.717) is 5.82 Å². The smallest absolute Gasteiger partial charge is 0.255 e. The highest BCUT2D eigenvalue weighted by Crippen LogP contribution is 1.99. The highest BCUT2D eigenvalue weighted by atomic mass is 19.3. The maximum Gasteiger partial charge on any atom is 0.255 e. The molecule has 0 aliphatic carbocycles. The molecular formula is C7H9F2N3O. The molecule has 0 aliphatic rings. The summed E-state index contributed by atoms with van der Waals surface area (Å²) in [5, 5.41) is 2.34. The number of alkyl halides is 2. The molecule has 1 aromatic rings. The van der Waals surface area contributed by atoms with Crippen LogP contribution >= 0.6 is 0 Å². The maximum atomic E-state index is 11.7. The molecule has 4 nitrogen and oxygen atoms in total. The molecule has 0 aliphatic heterocycles. The second kappa shape index (κ2) is 3.97. The number of nitrogens with one attached hydrogen (secondary N) is 2. The lowest BCUT2D eigenvalue weighted by Crippen LogP contribution is -2.15. The van der Waals surface area contributed by atoms with E-state index in [1.807, 2.05) is 0 Å². The molecule has 0 atom stereocenters. The van der Waals surface area contributed by atoms with E-state index in [4.69, 9.17) is 0 Å². The summed E-state index contributed by atoms with van der Waals surface area (Å²) in [5.41, 5.74) is -0.357. The lowest BCUT2D eigenvalue weighted by atomic mass is 10.5. The second-order valence-corrected chi connectivity index (χ2v) is 2.49. The van der Waals surface area contributed by atoms with Crippen LogP contribution in [-0.4, -0.2) is 22.9 Å². The van der Waals surface area contributed by atoms with E-state index < -0.39 is 13.0 Å². The number of aromatic amines is 1. The fourth-order valence-electron chi connectivity index (χ4n) is 0.852. The van der Waals surface area contributed by atoms with Gasteiger partial charge in [0.05, 0.1) is 6.54 Å². The summed E-state index contributed by atoms with van der Waals surface area (Å²) in [6, 6.07) is 1.13. The van der Waals surface area contributed by atoms with Gasteiger partial charge in [-0.2, -0.15) is 0 Å². The highest BCUT2D eigenvalue weighted by molar-refractivity contribution is 5.32. The Balaban J connectivity index is 2.72. The summed E-state index contributed by atoms with van der Waals surface area (Å²) in [5.74, 6) is 0.561. The molecule has 72 valence electrons. The van der Waals surface area contributed by atoms with Crippen LogP contribution in [0.25, 0.3) is 0 Å². The van der Waals surface area contributed by atoms with Gasteiger partial charge in [-0.15, -0.1) is 0 Å². The van der Waals surface area contributed by atoms with E-state index in [2.05, 4.69) is 15.3 Å². The summed E-state index contributed by atoms with van der Waals surface area (Å²) in [6.45, 7) is 1.07. The molecular weight excluding hydrogens is 180 g/mol. The van der Waals surface area contributed by atoms with Crippen molar-refractivity contribution in [1.29, 1.82) is 0 Å². The molecule has 13 heavy (non-hydrogen) atoms. The standard InChI is InChI=1S/C7H9F2N3O/c1-4-11-6(2-7(13)12-4)10-3-5(8)9/h2,5H,3H2,1H3,(H2,10,11,12,13). The molecule has 0 bridgehead atoms. The van der Waals surface area contributed by atoms with Gasteiger partial charge >= 0.3 is 0 Å². The number of nitrogens with zero attached hydrogens (tertiary/aromatic N) is 1. The lowest BCUT2D eigenvalue weighted by molar-refractivity contribution is 0.163. The zero-order chi connectivity index (χ0) is 9.84. The van der Waals surface area contributed by atoms with Gasteiger partial charge in [-0.1, -0.05) is 0 Å². The van der Waals surface area contributed by atoms with Crippen molar-refractivity contribution in [3.05, 3.63) is 22.2 Å². The van der Waals surface area contributed by atoms with Gasteiger partial charge in [-0.3, -0.25) is 4.79 Å². The molecule has 0 saturated carbocycles. The second-order valence-electron chi connectivity index (χ2n) is 2.49. The highest BCUT2D eigenvalue weighted by Gasteiger charge is 2.03. The third-order valence-corrected chi connectivity index (χ3v) is 1.30. The van der Waals surface area contributed by atoms with Crippen molar-refractivity contribution in [2.75, 3.05) is 11.9 Å². The zero-order valence-electron chi connectivity index (χ0n) is 6.97. The van der Waals surface area contributed by atoms with Crippen molar-refractivity contribution < 1.29 is 8.78 Å². The minimum Gasteiger partial charge on any atom is -0.364 e. The fraction of sp³-hybridized carbons (Fsp3) is 0.429. The molecule has 1 aromatic heterocycles. The van der Waals surface area contributed by atoms with Crippen molar-refractivity contribution in [2.24, 2.45) is 0 Å². The Hall–Kier alpha value is -1.46. The summed E-state index contributed by atoms with van der Waals surface area (Å²) in [6.07, 6.45) is -2.46. The Morgan fingerprint density at radius 3 is 2.92 bits per heavy atom. The van der Waals surface area contributed by atoms with Gasteiger partial charge in [0.15, 0.2) is 0 Å². The van der Waals surface area contributed by atoms with Crippen LogP contribution in [0, 0.1) is 6.92 Å². The van der Waals surface area contributed by atoms with E-state index in [1.165, 1.54) is 0 Å². The van der Waals surface area contributed by atoms with Crippen molar-refractivity contribution in [3.8, 4) is 0 Å². The summed E-state index contributed by atoms with van der Waals surface area (Å²) in [4.78, 5) is 17.0. The van der Waals surface area contributed by atoms with E-state index in [-0.39, 0.29) is 11.4 Å². The van der Waals surface area contributed by atoms with Gasteiger partial charge in [0.2, 0.25) is 0 Å². The predicted octanol–water partition coefficient (Wildman–Crippen LogP) is 0.755. The van der Waals surface area contributed by atoms with Crippen LogP contribution in [-0.2, 0) is 0 Å². The first-order valence-electron chi connectivity index (χ1n) is 3.68. The van der Waals surface area contributed by atoms with Crippen LogP contribution in [0.5, 0.6) is 0 Å². The third kappa shape index (κ3) is 3.18. The van der Waals surface area contributed by atoms with Crippen LogP contribution in [0.3, 0.4) is 0 Å². The summed E-state index contributed by atoms with van der Waals surface area (Å²) >= 11 is 0. The first kappa shape index (κ1) is 9.63. The van der Waals surface area contributed by atoms with Crippen LogP contribution in [0.2, 0.25) is 0 Å². The first-order chi connectivity index (χ1) is 6.08. The normalized spacial score (nSPS) is 10.5. The van der Waals surface area contributed by atoms with Crippen LogP contribution in [0.1, 0.15) is 5.82 Å². The number of rotatable bonds is 3. The summed E-state index contributed by atoms with van der Waals surface area (Å²) < 4.78 is 23.5. The Morgan fingerprint density at radius 1 is 1.69 bits per heavy atom. The molecule has 0 amide bonds. The van der Waals surface area contributed by atoms with Crippen molar-refractivity contribution >= 4 is 5.82 Å². The van der Waals surface area contributed by atoms with Gasteiger partial charge < -0.3 is 10.3 Å². The SMILES string of the molecule is Cc1nc(NCC(F)F)cc(=O)[nH]1. The molecule has 6 heteroatoms. The van der Waals surface area contributed by atoms with Gasteiger partial charge in [0, 0.05) is 6.07 Å². The van der Waals surface area contributed by atoms with E-state index in [9.17, 15) is 13.6 Å². The van der Waals surface area contributed by atoms with Crippen LogP contribution in [0.4, 0.5) is 14.6 Å². The topological polar surface area (TPSA) is 57.8 Å². The van der Waals surface area contributed by atoms with Crippen molar-refractivity contribution in [3.63, 3.8) is 0 Å². The molecule has 2 N–H and O–H groups in total. The molecule has 0 fully saturated rings. The summed E-state index contributed by atoms with van der Waals surface area (Å²) in [7, 11) is 0. The van der Waals surface area contributed by atoms with Crippen LogP contribution in [0.15, 0.2) is 10.9 Å². The molecule has 1 rings (SSSR count). The number of anilines is 1. The van der Waals surface area contributed by atoms with Gasteiger partial charge in [0.1, 0.15) is 11.6 Å². The van der Waals surface area contributed by atoms with Gasteiger partial charge in [-0.25, -0.2) is 13.8 Å². The number of halogens is 2. The first-order valence-corrected chi connectivity index (χ1v) is 3.68. The zero-order valence-corrected chi connectivity index (χ0v) is 6.97. The number of aromatic nitrogens is 2. The number of aryl methyl sites for hydroxylation is 1. The third-order valence-electron chi connectivity index (χ3n) is 1.30. The minimum atomic E-state index is -2.46. The molecule has 0 radical (unpaired) electrons. The molecule has 0 aromatic carbocycles. The largest absolute Gasteiger partial charge is 0.364 e. The predicted molar refractivity (Wildman–Crippen MR) is 44.1 cm³/mol. The Kier molecular flexibility index (Phi) is 2.94. The minimum absolute atomic E-state index is 0.168. The number of H-pyrrole nitrogens is 1. The Morgan fingerprint density at radius 2 is 2.38 bits per heavy atom. The van der Waals surface area contributed by atoms with Crippen LogP contribution < -0.4 is 10.9 Å². The fourth-order valence-corrected chi connectivity index (χ4v) is 0.852. The average Bonchev–Trinajstić information content (AvgIpc) is 1.99. The van der Waals surface area contributed by atoms with E-state index in [0.717, 1.165) is 6.07 Å². The monoisotopic (exact) mass is 189 g/mol. The maximum absolute atomic E-state index is 11.7. The number of hydrogen-bond acceptors (Lipinski definition) is 3. The Labute approximate surface area is 73.0 Å². The molecule has 0 spiro atoms. The van der Waals surface area contributed by atoms with E-state index in [1.54, 1.807) is 6.92 Å². The molecule has 1 heterocycles. The van der Waals surface area contributed by atoms with Gasteiger partial charge in [-0.05, 0) is 6.92 Å². The quantitative estimate of drug-likeness (QED) is 0.737. The molecule has 0 saturated heterocycles. The number of hydrogen-bond donors (Lipinski definition) is 2. The van der Waals surface area contributed by atoms with E-state index >= 15 is 0 Å². The lowest BCUT2D eigenvalue weighted by Gasteiger charge is -2.03. The molecule has 0 unspecified atom stereocenters. The average molecular weight is 189 g/mol. The Bertz CT molecular complexity index is 337. The van der Waals surface area contributed by atoms with Crippen molar-refractivity contribution in [2.45, 2.75) is 13.3 Å². The van der Waals surface area contributed by atoms with Gasteiger partial charge in [0.25, 0.3) is 12.0 Å².